The van der Waals surface area contributed by atoms with Gasteiger partial charge in [0.05, 0.1) is 18.3 Å². The Hall–Kier alpha value is -0.0800. The number of rotatable bonds is 4. The van der Waals surface area contributed by atoms with Crippen LogP contribution in [0, 0.1) is 0 Å². The molecule has 0 aromatic carbocycles. The monoisotopic (exact) mass is 146 g/mol. The van der Waals surface area contributed by atoms with Crippen LogP contribution in [0.2, 0.25) is 0 Å². The van der Waals surface area contributed by atoms with Gasteiger partial charge in [0.1, 0.15) is 0 Å². The van der Waals surface area contributed by atoms with Crippen LogP contribution in [0.25, 0.3) is 0 Å². The highest BCUT2D eigenvalue weighted by atomic mass is 16.5. The van der Waals surface area contributed by atoms with Crippen molar-refractivity contribution in [3.8, 4) is 0 Å². The molecule has 0 aliphatic rings. The van der Waals surface area contributed by atoms with Crippen molar-refractivity contribution >= 4 is 0 Å². The molecule has 10 heavy (non-hydrogen) atoms. The quantitative estimate of drug-likeness (QED) is 0.652. The van der Waals surface area contributed by atoms with Gasteiger partial charge in [0.15, 0.2) is 0 Å². The van der Waals surface area contributed by atoms with Crippen LogP contribution in [0.4, 0.5) is 0 Å². The Kier molecular flexibility index (Phi) is 3.91. The first kappa shape index (κ1) is 9.92. The third kappa shape index (κ3) is 6.05. The summed E-state index contributed by atoms with van der Waals surface area (Å²) >= 11 is 0. The van der Waals surface area contributed by atoms with Crippen LogP contribution in [0.5, 0.6) is 0 Å². The molecule has 1 N–H and O–H groups in total. The molecular formula is C8H18O2. The topological polar surface area (TPSA) is 29.5 Å². The molecule has 0 bridgehead atoms. The second-order valence-electron chi connectivity index (χ2n) is 3.34. The van der Waals surface area contributed by atoms with Gasteiger partial charge in [-0.3, -0.25) is 0 Å². The number of hydrogen-bond acceptors (Lipinski definition) is 2. The summed E-state index contributed by atoms with van der Waals surface area (Å²) in [6, 6.07) is 0. The van der Waals surface area contributed by atoms with E-state index in [0.717, 1.165) is 6.42 Å². The van der Waals surface area contributed by atoms with E-state index in [0.29, 0.717) is 6.61 Å². The van der Waals surface area contributed by atoms with Gasteiger partial charge in [-0.15, -0.1) is 0 Å². The third-order valence-corrected chi connectivity index (χ3v) is 1.30. The average Bonchev–Trinajstić information content (AvgIpc) is 1.81. The minimum atomic E-state index is -0.691. The first-order valence-corrected chi connectivity index (χ1v) is 3.79. The standard InChI is InChI=1S/C8H18O2/c1-5-7(2)10-6-8(3,4)9/h7,9H,5-6H2,1-4H3. The van der Waals surface area contributed by atoms with E-state index < -0.39 is 5.60 Å². The minimum Gasteiger partial charge on any atom is -0.388 e. The lowest BCUT2D eigenvalue weighted by Crippen LogP contribution is -2.28. The van der Waals surface area contributed by atoms with E-state index in [1.54, 1.807) is 13.8 Å². The van der Waals surface area contributed by atoms with Crippen molar-refractivity contribution in [3.63, 3.8) is 0 Å². The first-order valence-electron chi connectivity index (χ1n) is 3.79. The van der Waals surface area contributed by atoms with Gasteiger partial charge in [0, 0.05) is 0 Å². The smallest absolute Gasteiger partial charge is 0.0824 e. The summed E-state index contributed by atoms with van der Waals surface area (Å²) in [6.45, 7) is 7.98. The zero-order valence-electron chi connectivity index (χ0n) is 7.35. The maximum absolute atomic E-state index is 9.24. The van der Waals surface area contributed by atoms with Gasteiger partial charge in [0.2, 0.25) is 0 Å². The molecule has 0 radical (unpaired) electrons. The summed E-state index contributed by atoms with van der Waals surface area (Å²) in [7, 11) is 0. The van der Waals surface area contributed by atoms with Crippen LogP contribution < -0.4 is 0 Å². The van der Waals surface area contributed by atoms with Gasteiger partial charge in [-0.25, -0.2) is 0 Å². The van der Waals surface area contributed by atoms with Crippen molar-refractivity contribution in [2.24, 2.45) is 0 Å². The van der Waals surface area contributed by atoms with Crippen molar-refractivity contribution in [1.29, 1.82) is 0 Å². The molecule has 0 saturated heterocycles. The number of hydrogen-bond donors (Lipinski definition) is 1. The molecule has 0 rings (SSSR count). The van der Waals surface area contributed by atoms with E-state index in [1.807, 2.05) is 6.92 Å². The van der Waals surface area contributed by atoms with E-state index in [4.69, 9.17) is 4.74 Å². The number of ether oxygens (including phenoxy) is 1. The highest BCUT2D eigenvalue weighted by Gasteiger charge is 2.13. The molecule has 0 saturated carbocycles. The summed E-state index contributed by atoms with van der Waals surface area (Å²) in [5.41, 5.74) is -0.691. The van der Waals surface area contributed by atoms with E-state index in [2.05, 4.69) is 6.92 Å². The van der Waals surface area contributed by atoms with Crippen molar-refractivity contribution in [3.05, 3.63) is 0 Å². The molecule has 0 heterocycles. The molecule has 1 unspecified atom stereocenters. The van der Waals surface area contributed by atoms with Crippen molar-refractivity contribution in [2.45, 2.75) is 45.8 Å². The number of aliphatic hydroxyl groups is 1. The lowest BCUT2D eigenvalue weighted by Gasteiger charge is -2.19. The van der Waals surface area contributed by atoms with Gasteiger partial charge in [-0.1, -0.05) is 6.92 Å². The summed E-state index contributed by atoms with van der Waals surface area (Å²) in [4.78, 5) is 0. The Morgan fingerprint density at radius 2 is 2.00 bits per heavy atom. The zero-order valence-corrected chi connectivity index (χ0v) is 7.35. The summed E-state index contributed by atoms with van der Waals surface area (Å²) in [5, 5.41) is 9.24. The van der Waals surface area contributed by atoms with Crippen LogP contribution in [0.15, 0.2) is 0 Å². The maximum Gasteiger partial charge on any atom is 0.0824 e. The first-order chi connectivity index (χ1) is 4.45. The SMILES string of the molecule is CCC(C)OCC(C)(C)O. The lowest BCUT2D eigenvalue weighted by atomic mass is 10.1. The van der Waals surface area contributed by atoms with Gasteiger partial charge < -0.3 is 9.84 Å². The van der Waals surface area contributed by atoms with E-state index in [-0.39, 0.29) is 6.10 Å². The summed E-state index contributed by atoms with van der Waals surface area (Å²) in [6.07, 6.45) is 1.25. The highest BCUT2D eigenvalue weighted by Crippen LogP contribution is 2.04. The molecule has 0 aliphatic heterocycles. The second-order valence-corrected chi connectivity index (χ2v) is 3.34. The molecule has 2 heteroatoms. The van der Waals surface area contributed by atoms with Crippen molar-refractivity contribution < 1.29 is 9.84 Å². The molecule has 0 aliphatic carbocycles. The Morgan fingerprint density at radius 1 is 1.50 bits per heavy atom. The normalized spacial score (nSPS) is 15.3. The van der Waals surface area contributed by atoms with Gasteiger partial charge in [-0.05, 0) is 27.2 Å². The largest absolute Gasteiger partial charge is 0.388 e. The molecule has 1 atom stereocenters. The van der Waals surface area contributed by atoms with Gasteiger partial charge in [0.25, 0.3) is 0 Å². The molecule has 0 fully saturated rings. The fraction of sp³-hybridized carbons (Fsp3) is 1.00. The van der Waals surface area contributed by atoms with E-state index in [1.165, 1.54) is 0 Å². The van der Waals surface area contributed by atoms with Crippen molar-refractivity contribution in [1.82, 2.24) is 0 Å². The van der Waals surface area contributed by atoms with E-state index >= 15 is 0 Å². The minimum absolute atomic E-state index is 0.256. The molecule has 0 amide bonds. The van der Waals surface area contributed by atoms with Gasteiger partial charge >= 0.3 is 0 Å². The molecule has 0 spiro atoms. The van der Waals surface area contributed by atoms with Crippen LogP contribution in [0.3, 0.4) is 0 Å². The van der Waals surface area contributed by atoms with Crippen molar-refractivity contribution in [2.75, 3.05) is 6.61 Å². The van der Waals surface area contributed by atoms with Crippen LogP contribution >= 0.6 is 0 Å². The van der Waals surface area contributed by atoms with E-state index in [9.17, 15) is 5.11 Å². The lowest BCUT2D eigenvalue weighted by molar-refractivity contribution is -0.0482. The molecule has 2 nitrogen and oxygen atoms in total. The Balaban J connectivity index is 3.36. The van der Waals surface area contributed by atoms with Gasteiger partial charge in [-0.2, -0.15) is 0 Å². The Labute approximate surface area is 63.2 Å². The molecule has 0 aromatic rings. The molecular weight excluding hydrogens is 128 g/mol. The highest BCUT2D eigenvalue weighted by molar-refractivity contribution is 4.63. The zero-order chi connectivity index (χ0) is 8.20. The molecule has 0 aromatic heterocycles. The fourth-order valence-electron chi connectivity index (χ4n) is 0.464. The predicted octanol–water partition coefficient (Wildman–Crippen LogP) is 1.57. The van der Waals surface area contributed by atoms with Crippen LogP contribution in [-0.4, -0.2) is 23.4 Å². The maximum atomic E-state index is 9.24. The fourth-order valence-corrected chi connectivity index (χ4v) is 0.464. The summed E-state index contributed by atoms with van der Waals surface area (Å²) < 4.78 is 5.31. The Bertz CT molecular complexity index is 83.7. The van der Waals surface area contributed by atoms with Crippen LogP contribution in [-0.2, 0) is 4.74 Å². The predicted molar refractivity (Wildman–Crippen MR) is 42.0 cm³/mol. The molecule has 62 valence electrons. The second kappa shape index (κ2) is 3.94. The van der Waals surface area contributed by atoms with Crippen LogP contribution in [0.1, 0.15) is 34.1 Å². The average molecular weight is 146 g/mol. The summed E-state index contributed by atoms with van der Waals surface area (Å²) in [5.74, 6) is 0. The Morgan fingerprint density at radius 3 is 2.30 bits per heavy atom. The third-order valence-electron chi connectivity index (χ3n) is 1.30.